The molecule has 0 amide bonds. The molecule has 0 aliphatic carbocycles. The zero-order valence-electron chi connectivity index (χ0n) is 11.3. The summed E-state index contributed by atoms with van der Waals surface area (Å²) in [7, 11) is 1.67. The molecular formula is C15H20N2O2. The van der Waals surface area contributed by atoms with Gasteiger partial charge in [0.2, 0.25) is 0 Å². The van der Waals surface area contributed by atoms with Gasteiger partial charge in [0.15, 0.2) is 0 Å². The Hall–Kier alpha value is -1.49. The van der Waals surface area contributed by atoms with Crippen molar-refractivity contribution in [3.05, 3.63) is 42.1 Å². The van der Waals surface area contributed by atoms with Gasteiger partial charge >= 0.3 is 0 Å². The molecule has 0 fully saturated rings. The Labute approximate surface area is 113 Å². The van der Waals surface area contributed by atoms with Crippen LogP contribution in [0, 0.1) is 0 Å². The van der Waals surface area contributed by atoms with Crippen LogP contribution < -0.4 is 5.32 Å². The van der Waals surface area contributed by atoms with Gasteiger partial charge in [-0.05, 0) is 12.1 Å². The lowest BCUT2D eigenvalue weighted by molar-refractivity contribution is 0.0719. The van der Waals surface area contributed by atoms with Crippen LogP contribution in [0.5, 0.6) is 0 Å². The molecule has 0 saturated heterocycles. The van der Waals surface area contributed by atoms with Gasteiger partial charge in [-0.25, -0.2) is 0 Å². The van der Waals surface area contributed by atoms with Crippen LogP contribution in [-0.2, 0) is 16.0 Å². The fourth-order valence-corrected chi connectivity index (χ4v) is 1.81. The topological polar surface area (TPSA) is 43.4 Å². The number of para-hydroxylation sites is 1. The molecule has 0 spiro atoms. The molecule has 4 nitrogen and oxygen atoms in total. The summed E-state index contributed by atoms with van der Waals surface area (Å²) in [6.07, 6.45) is 0. The maximum atomic E-state index is 5.37. The second-order valence-corrected chi connectivity index (χ2v) is 4.28. The Kier molecular flexibility index (Phi) is 5.75. The number of nitrogens with one attached hydrogen (secondary N) is 1. The van der Waals surface area contributed by atoms with Gasteiger partial charge in [-0.3, -0.25) is 4.98 Å². The molecule has 0 atom stereocenters. The van der Waals surface area contributed by atoms with Crippen molar-refractivity contribution < 1.29 is 9.47 Å². The number of hydrogen-bond acceptors (Lipinski definition) is 4. The highest BCUT2D eigenvalue weighted by Gasteiger charge is 1.97. The highest BCUT2D eigenvalue weighted by Crippen LogP contribution is 2.11. The maximum Gasteiger partial charge on any atom is 0.0705 e. The first-order chi connectivity index (χ1) is 9.40. The summed E-state index contributed by atoms with van der Waals surface area (Å²) < 4.78 is 10.3. The van der Waals surface area contributed by atoms with Gasteiger partial charge in [-0.15, -0.1) is 0 Å². The minimum Gasteiger partial charge on any atom is -0.382 e. The molecule has 0 radical (unpaired) electrons. The van der Waals surface area contributed by atoms with E-state index < -0.39 is 0 Å². The number of methoxy groups -OCH3 is 1. The van der Waals surface area contributed by atoms with E-state index in [0.717, 1.165) is 24.3 Å². The molecule has 19 heavy (non-hydrogen) atoms. The number of pyridine rings is 1. The molecule has 4 heteroatoms. The van der Waals surface area contributed by atoms with Gasteiger partial charge in [0.1, 0.15) is 0 Å². The van der Waals surface area contributed by atoms with Crippen molar-refractivity contribution >= 4 is 10.9 Å². The Morgan fingerprint density at radius 1 is 1.05 bits per heavy atom. The second-order valence-electron chi connectivity index (χ2n) is 4.28. The van der Waals surface area contributed by atoms with Gasteiger partial charge in [0, 0.05) is 25.6 Å². The van der Waals surface area contributed by atoms with Gasteiger partial charge in [0.05, 0.1) is 31.0 Å². The van der Waals surface area contributed by atoms with Gasteiger partial charge < -0.3 is 14.8 Å². The number of fused-ring (bicyclic) bond motifs is 1. The molecule has 2 rings (SSSR count). The quantitative estimate of drug-likeness (QED) is 0.737. The Morgan fingerprint density at radius 2 is 1.95 bits per heavy atom. The number of nitrogens with zero attached hydrogens (tertiary/aromatic N) is 1. The molecule has 102 valence electrons. The summed E-state index contributed by atoms with van der Waals surface area (Å²) >= 11 is 0. The normalized spacial score (nSPS) is 11.0. The molecular weight excluding hydrogens is 240 g/mol. The molecule has 1 N–H and O–H groups in total. The first-order valence-electron chi connectivity index (χ1n) is 6.52. The van der Waals surface area contributed by atoms with E-state index in [0.29, 0.717) is 19.8 Å². The largest absolute Gasteiger partial charge is 0.382 e. The highest BCUT2D eigenvalue weighted by atomic mass is 16.5. The summed E-state index contributed by atoms with van der Waals surface area (Å²) in [6.45, 7) is 3.56. The van der Waals surface area contributed by atoms with Gasteiger partial charge in [-0.2, -0.15) is 0 Å². The van der Waals surface area contributed by atoms with Crippen molar-refractivity contribution in [3.63, 3.8) is 0 Å². The number of hydrogen-bond donors (Lipinski definition) is 1. The molecule has 1 heterocycles. The third-order valence-corrected chi connectivity index (χ3v) is 2.82. The van der Waals surface area contributed by atoms with Crippen molar-refractivity contribution in [3.8, 4) is 0 Å². The molecule has 2 aromatic rings. The van der Waals surface area contributed by atoms with Gasteiger partial charge in [-0.1, -0.05) is 24.3 Å². The fraction of sp³-hybridized carbons (Fsp3) is 0.400. The summed E-state index contributed by atoms with van der Waals surface area (Å²) in [4.78, 5) is 4.60. The number of benzene rings is 1. The van der Waals surface area contributed by atoms with Gasteiger partial charge in [0.25, 0.3) is 0 Å². The van der Waals surface area contributed by atoms with E-state index in [-0.39, 0.29) is 0 Å². The van der Waals surface area contributed by atoms with E-state index in [2.05, 4.69) is 28.5 Å². The summed E-state index contributed by atoms with van der Waals surface area (Å²) in [5.41, 5.74) is 2.09. The third-order valence-electron chi connectivity index (χ3n) is 2.82. The average molecular weight is 260 g/mol. The predicted octanol–water partition coefficient (Wildman–Crippen LogP) is 1.99. The van der Waals surface area contributed by atoms with Crippen molar-refractivity contribution in [1.82, 2.24) is 10.3 Å². The lowest BCUT2D eigenvalue weighted by Gasteiger charge is -2.06. The number of ether oxygens (including phenoxy) is 2. The summed E-state index contributed by atoms with van der Waals surface area (Å²) in [5.74, 6) is 0. The van der Waals surface area contributed by atoms with Crippen molar-refractivity contribution in [1.29, 1.82) is 0 Å². The lowest BCUT2D eigenvalue weighted by atomic mass is 10.2. The van der Waals surface area contributed by atoms with E-state index in [1.807, 2.05) is 18.2 Å². The molecule has 1 aromatic carbocycles. The Bertz CT molecular complexity index is 502. The van der Waals surface area contributed by atoms with Crippen molar-refractivity contribution in [2.45, 2.75) is 6.54 Å². The van der Waals surface area contributed by atoms with E-state index in [1.165, 1.54) is 5.39 Å². The maximum absolute atomic E-state index is 5.37. The molecule has 0 aliphatic rings. The second kappa shape index (κ2) is 7.84. The monoisotopic (exact) mass is 260 g/mol. The van der Waals surface area contributed by atoms with Crippen LogP contribution in [0.25, 0.3) is 10.9 Å². The van der Waals surface area contributed by atoms with Crippen LogP contribution in [0.2, 0.25) is 0 Å². The fourth-order valence-electron chi connectivity index (χ4n) is 1.81. The van der Waals surface area contributed by atoms with Crippen LogP contribution in [0.4, 0.5) is 0 Å². The Morgan fingerprint density at radius 3 is 2.84 bits per heavy atom. The standard InChI is InChI=1S/C15H20N2O2/c1-18-10-11-19-9-8-16-12-14-7-6-13-4-2-3-5-15(13)17-14/h2-7,16H,8-12H2,1H3. The molecule has 0 aliphatic heterocycles. The summed E-state index contributed by atoms with van der Waals surface area (Å²) in [6, 6.07) is 12.3. The lowest BCUT2D eigenvalue weighted by Crippen LogP contribution is -2.20. The molecule has 0 unspecified atom stereocenters. The van der Waals surface area contributed by atoms with Crippen molar-refractivity contribution in [2.24, 2.45) is 0 Å². The molecule has 0 saturated carbocycles. The Balaban J connectivity index is 1.72. The van der Waals surface area contributed by atoms with Crippen LogP contribution in [0.15, 0.2) is 36.4 Å². The van der Waals surface area contributed by atoms with Crippen molar-refractivity contribution in [2.75, 3.05) is 33.5 Å². The predicted molar refractivity (Wildman–Crippen MR) is 76.1 cm³/mol. The minimum atomic E-state index is 0.645. The van der Waals surface area contributed by atoms with Crippen LogP contribution >= 0.6 is 0 Å². The first-order valence-corrected chi connectivity index (χ1v) is 6.52. The summed E-state index contributed by atoms with van der Waals surface area (Å²) in [5, 5.41) is 4.49. The number of aromatic nitrogens is 1. The van der Waals surface area contributed by atoms with E-state index in [4.69, 9.17) is 9.47 Å². The van der Waals surface area contributed by atoms with Crippen LogP contribution in [0.3, 0.4) is 0 Å². The molecule has 1 aromatic heterocycles. The van der Waals surface area contributed by atoms with Crippen LogP contribution in [-0.4, -0.2) is 38.5 Å². The molecule has 0 bridgehead atoms. The smallest absolute Gasteiger partial charge is 0.0705 e. The van der Waals surface area contributed by atoms with E-state index >= 15 is 0 Å². The highest BCUT2D eigenvalue weighted by molar-refractivity contribution is 5.78. The van der Waals surface area contributed by atoms with Crippen LogP contribution in [0.1, 0.15) is 5.69 Å². The van der Waals surface area contributed by atoms with E-state index in [9.17, 15) is 0 Å². The third kappa shape index (κ3) is 4.59. The number of rotatable bonds is 8. The minimum absolute atomic E-state index is 0.645. The SMILES string of the molecule is COCCOCCNCc1ccc2ccccc2n1. The first kappa shape index (κ1) is 13.9. The average Bonchev–Trinajstić information content (AvgIpc) is 2.46. The zero-order chi connectivity index (χ0) is 13.3. The van der Waals surface area contributed by atoms with E-state index in [1.54, 1.807) is 7.11 Å². The zero-order valence-corrected chi connectivity index (χ0v) is 11.3.